The molecular formula is C18H18ClF2N3O. The van der Waals surface area contributed by atoms with E-state index in [1.807, 2.05) is 0 Å². The van der Waals surface area contributed by atoms with Crippen molar-refractivity contribution in [1.29, 1.82) is 0 Å². The predicted octanol–water partition coefficient (Wildman–Crippen LogP) is 3.16. The molecule has 4 nitrogen and oxygen atoms in total. The van der Waals surface area contributed by atoms with Crippen molar-refractivity contribution in [1.82, 2.24) is 9.80 Å². The molecule has 1 saturated heterocycles. The first-order valence-corrected chi connectivity index (χ1v) is 8.32. The summed E-state index contributed by atoms with van der Waals surface area (Å²) in [5.74, 6) is -1.38. The lowest BCUT2D eigenvalue weighted by Gasteiger charge is -2.34. The van der Waals surface area contributed by atoms with Crippen LogP contribution in [0, 0.1) is 11.6 Å². The summed E-state index contributed by atoms with van der Waals surface area (Å²) in [5.41, 5.74) is 6.65. The SMILES string of the molecule is Nc1ccc(C(=O)N2CCN(Cc3ccc(Cl)c(F)c3)CC2)c(F)c1. The standard InChI is InChI=1S/C18H18ClF2N3O/c19-15-4-1-12(9-17(15)21)11-23-5-7-24(8-6-23)18(25)14-3-2-13(22)10-16(14)20/h1-4,9-10H,5-8,11,22H2. The average Bonchev–Trinajstić information content (AvgIpc) is 2.58. The van der Waals surface area contributed by atoms with Crippen molar-refractivity contribution in [2.45, 2.75) is 6.54 Å². The number of carbonyl (C=O) groups is 1. The fourth-order valence-electron chi connectivity index (χ4n) is 2.88. The zero-order valence-electron chi connectivity index (χ0n) is 13.5. The molecule has 0 radical (unpaired) electrons. The van der Waals surface area contributed by atoms with Gasteiger partial charge in [0.15, 0.2) is 0 Å². The zero-order valence-corrected chi connectivity index (χ0v) is 14.3. The Kier molecular flexibility index (Phi) is 5.20. The number of nitrogens with zero attached hydrogens (tertiary/aromatic N) is 2. The number of hydrogen-bond donors (Lipinski definition) is 1. The van der Waals surface area contributed by atoms with Crippen LogP contribution in [0.5, 0.6) is 0 Å². The van der Waals surface area contributed by atoms with Crippen LogP contribution in [0.3, 0.4) is 0 Å². The van der Waals surface area contributed by atoms with Gasteiger partial charge in [0.25, 0.3) is 5.91 Å². The third-order valence-corrected chi connectivity index (χ3v) is 4.58. The summed E-state index contributed by atoms with van der Waals surface area (Å²) in [7, 11) is 0. The summed E-state index contributed by atoms with van der Waals surface area (Å²) in [6, 6.07) is 8.82. The second kappa shape index (κ2) is 7.37. The highest BCUT2D eigenvalue weighted by atomic mass is 35.5. The molecule has 1 amide bonds. The number of rotatable bonds is 3. The molecule has 1 fully saturated rings. The third-order valence-electron chi connectivity index (χ3n) is 4.27. The number of carbonyl (C=O) groups excluding carboxylic acids is 1. The van der Waals surface area contributed by atoms with E-state index in [1.54, 1.807) is 11.0 Å². The van der Waals surface area contributed by atoms with Gasteiger partial charge in [-0.25, -0.2) is 8.78 Å². The van der Waals surface area contributed by atoms with Gasteiger partial charge < -0.3 is 10.6 Å². The van der Waals surface area contributed by atoms with Gasteiger partial charge in [-0.3, -0.25) is 9.69 Å². The zero-order chi connectivity index (χ0) is 18.0. The van der Waals surface area contributed by atoms with Crippen LogP contribution in [0.15, 0.2) is 36.4 Å². The van der Waals surface area contributed by atoms with Crippen molar-refractivity contribution in [3.05, 3.63) is 64.2 Å². The van der Waals surface area contributed by atoms with Gasteiger partial charge in [-0.05, 0) is 35.9 Å². The van der Waals surface area contributed by atoms with Gasteiger partial charge in [0.2, 0.25) is 0 Å². The Morgan fingerprint density at radius 3 is 2.40 bits per heavy atom. The molecule has 0 bridgehead atoms. The highest BCUT2D eigenvalue weighted by Crippen LogP contribution is 2.19. The Morgan fingerprint density at radius 2 is 1.76 bits per heavy atom. The first-order valence-electron chi connectivity index (χ1n) is 7.94. The third kappa shape index (κ3) is 4.08. The second-order valence-corrected chi connectivity index (χ2v) is 6.46. The maximum atomic E-state index is 13.9. The smallest absolute Gasteiger partial charge is 0.256 e. The molecule has 1 aliphatic heterocycles. The molecule has 1 aliphatic rings. The number of piperazine rings is 1. The van der Waals surface area contributed by atoms with Crippen LogP contribution < -0.4 is 5.73 Å². The monoisotopic (exact) mass is 365 g/mol. The predicted molar refractivity (Wildman–Crippen MR) is 93.4 cm³/mol. The summed E-state index contributed by atoms with van der Waals surface area (Å²) in [6.45, 7) is 2.81. The van der Waals surface area contributed by atoms with Gasteiger partial charge in [-0.1, -0.05) is 17.7 Å². The molecular weight excluding hydrogens is 348 g/mol. The van der Waals surface area contributed by atoms with E-state index >= 15 is 0 Å². The molecule has 2 aromatic carbocycles. The van der Waals surface area contributed by atoms with Crippen molar-refractivity contribution in [2.24, 2.45) is 0 Å². The number of nitrogens with two attached hydrogens (primary N) is 1. The molecule has 3 rings (SSSR count). The Morgan fingerprint density at radius 1 is 1.04 bits per heavy atom. The van der Waals surface area contributed by atoms with E-state index < -0.39 is 11.6 Å². The molecule has 1 heterocycles. The van der Waals surface area contributed by atoms with Crippen LogP contribution in [0.4, 0.5) is 14.5 Å². The molecule has 132 valence electrons. The van der Waals surface area contributed by atoms with Crippen LogP contribution in [0.1, 0.15) is 15.9 Å². The average molecular weight is 366 g/mol. The summed E-state index contributed by atoms with van der Waals surface area (Å²) in [6.07, 6.45) is 0. The van der Waals surface area contributed by atoms with Crippen molar-refractivity contribution in [3.8, 4) is 0 Å². The lowest BCUT2D eigenvalue weighted by atomic mass is 10.1. The first kappa shape index (κ1) is 17.6. The van der Waals surface area contributed by atoms with Crippen molar-refractivity contribution in [2.75, 3.05) is 31.9 Å². The fourth-order valence-corrected chi connectivity index (χ4v) is 3.00. The quantitative estimate of drug-likeness (QED) is 0.850. The van der Waals surface area contributed by atoms with E-state index in [0.717, 1.165) is 11.6 Å². The van der Waals surface area contributed by atoms with Gasteiger partial charge in [-0.2, -0.15) is 0 Å². The van der Waals surface area contributed by atoms with Gasteiger partial charge in [0.1, 0.15) is 11.6 Å². The van der Waals surface area contributed by atoms with E-state index in [4.69, 9.17) is 17.3 Å². The molecule has 2 N–H and O–H groups in total. The maximum Gasteiger partial charge on any atom is 0.256 e. The lowest BCUT2D eigenvalue weighted by Crippen LogP contribution is -2.48. The van der Waals surface area contributed by atoms with E-state index in [0.29, 0.717) is 32.7 Å². The highest BCUT2D eigenvalue weighted by Gasteiger charge is 2.24. The summed E-state index contributed by atoms with van der Waals surface area (Å²) in [5, 5.41) is 0.102. The number of anilines is 1. The first-order chi connectivity index (χ1) is 11.9. The van der Waals surface area contributed by atoms with Gasteiger partial charge in [0, 0.05) is 38.4 Å². The van der Waals surface area contributed by atoms with Crippen molar-refractivity contribution in [3.63, 3.8) is 0 Å². The Labute approximate surface area is 149 Å². The fraction of sp³-hybridized carbons (Fsp3) is 0.278. The topological polar surface area (TPSA) is 49.6 Å². The molecule has 25 heavy (non-hydrogen) atoms. The van der Waals surface area contributed by atoms with Gasteiger partial charge in [0.05, 0.1) is 10.6 Å². The molecule has 0 spiro atoms. The minimum absolute atomic E-state index is 0.0300. The Bertz CT molecular complexity index is 792. The van der Waals surface area contributed by atoms with E-state index in [1.165, 1.54) is 24.3 Å². The van der Waals surface area contributed by atoms with Crippen LogP contribution in [-0.2, 0) is 6.54 Å². The molecule has 0 aromatic heterocycles. The summed E-state index contributed by atoms with van der Waals surface area (Å²) < 4.78 is 27.4. The molecule has 0 unspecified atom stereocenters. The van der Waals surface area contributed by atoms with Gasteiger partial charge in [-0.15, -0.1) is 0 Å². The Balaban J connectivity index is 1.59. The number of benzene rings is 2. The second-order valence-electron chi connectivity index (χ2n) is 6.06. The summed E-state index contributed by atoms with van der Waals surface area (Å²) >= 11 is 5.69. The van der Waals surface area contributed by atoms with Crippen LogP contribution in [0.2, 0.25) is 5.02 Å². The lowest BCUT2D eigenvalue weighted by molar-refractivity contribution is 0.0624. The van der Waals surface area contributed by atoms with E-state index in [-0.39, 0.29) is 22.2 Å². The molecule has 0 aliphatic carbocycles. The molecule has 0 atom stereocenters. The highest BCUT2D eigenvalue weighted by molar-refractivity contribution is 6.30. The molecule has 0 saturated carbocycles. The summed E-state index contributed by atoms with van der Waals surface area (Å²) in [4.78, 5) is 16.2. The maximum absolute atomic E-state index is 13.9. The number of halogens is 3. The van der Waals surface area contributed by atoms with Gasteiger partial charge >= 0.3 is 0 Å². The van der Waals surface area contributed by atoms with Crippen LogP contribution >= 0.6 is 11.6 Å². The normalized spacial score (nSPS) is 15.4. The van der Waals surface area contributed by atoms with Crippen molar-refractivity contribution >= 4 is 23.2 Å². The minimum atomic E-state index is -0.607. The largest absolute Gasteiger partial charge is 0.399 e. The number of nitrogen functional groups attached to an aromatic ring is 1. The number of amides is 1. The van der Waals surface area contributed by atoms with E-state index in [9.17, 15) is 13.6 Å². The molecule has 2 aromatic rings. The van der Waals surface area contributed by atoms with Crippen LogP contribution in [-0.4, -0.2) is 41.9 Å². The molecule has 7 heteroatoms. The Hall–Kier alpha value is -2.18. The minimum Gasteiger partial charge on any atom is -0.399 e. The number of hydrogen-bond acceptors (Lipinski definition) is 3. The van der Waals surface area contributed by atoms with Crippen LogP contribution in [0.25, 0.3) is 0 Å². The van der Waals surface area contributed by atoms with E-state index in [2.05, 4.69) is 4.90 Å². The van der Waals surface area contributed by atoms with Crippen molar-refractivity contribution < 1.29 is 13.6 Å².